The van der Waals surface area contributed by atoms with Gasteiger partial charge in [0.2, 0.25) is 11.8 Å². The highest BCUT2D eigenvalue weighted by Crippen LogP contribution is 2.21. The first-order valence-electron chi connectivity index (χ1n) is 3.85. The number of hydrogen-bond acceptors (Lipinski definition) is 4. The van der Waals surface area contributed by atoms with Crippen LogP contribution in [-0.4, -0.2) is 15.3 Å². The fraction of sp³-hybridized carbons (Fsp3) is 0.111. The van der Waals surface area contributed by atoms with Crippen molar-refractivity contribution in [1.29, 1.82) is 0 Å². The molecule has 0 unspecified atom stereocenters. The van der Waals surface area contributed by atoms with Crippen LogP contribution in [0.3, 0.4) is 0 Å². The quantitative estimate of drug-likeness (QED) is 0.719. The van der Waals surface area contributed by atoms with E-state index in [1.54, 1.807) is 31.2 Å². The van der Waals surface area contributed by atoms with E-state index < -0.39 is 0 Å². The molecule has 0 bridgehead atoms. The second-order valence-electron chi connectivity index (χ2n) is 2.68. The van der Waals surface area contributed by atoms with Crippen LogP contribution < -0.4 is 0 Å². The predicted octanol–water partition coefficient (Wildman–Crippen LogP) is 1.75. The van der Waals surface area contributed by atoms with Crippen molar-refractivity contribution >= 4 is 0 Å². The van der Waals surface area contributed by atoms with Crippen molar-refractivity contribution in [3.05, 3.63) is 30.2 Å². The lowest BCUT2D eigenvalue weighted by molar-refractivity contribution is 0.474. The molecule has 0 fully saturated rings. The van der Waals surface area contributed by atoms with Crippen LogP contribution in [0.1, 0.15) is 5.89 Å². The molecular weight excluding hydrogens is 168 g/mol. The van der Waals surface area contributed by atoms with Crippen molar-refractivity contribution in [2.75, 3.05) is 0 Å². The summed E-state index contributed by atoms with van der Waals surface area (Å²) in [6, 6.07) is 6.69. The minimum Gasteiger partial charge on any atom is -0.508 e. The normalized spacial score (nSPS) is 10.2. The highest BCUT2D eigenvalue weighted by molar-refractivity contribution is 5.54. The molecule has 66 valence electrons. The van der Waals surface area contributed by atoms with Crippen molar-refractivity contribution in [2.45, 2.75) is 6.92 Å². The summed E-state index contributed by atoms with van der Waals surface area (Å²) in [6.07, 6.45) is 0. The Hall–Kier alpha value is -1.84. The topological polar surface area (TPSA) is 59.2 Å². The molecule has 0 amide bonds. The molecule has 0 aliphatic rings. The average molecular weight is 176 g/mol. The zero-order chi connectivity index (χ0) is 9.26. The highest BCUT2D eigenvalue weighted by atomic mass is 16.4. The Morgan fingerprint density at radius 1 is 1.31 bits per heavy atom. The van der Waals surface area contributed by atoms with Crippen LogP contribution >= 0.6 is 0 Å². The summed E-state index contributed by atoms with van der Waals surface area (Å²) in [6.45, 7) is 1.72. The molecule has 0 atom stereocenters. The summed E-state index contributed by atoms with van der Waals surface area (Å²) >= 11 is 0. The van der Waals surface area contributed by atoms with E-state index in [1.807, 2.05) is 0 Å². The Balaban J connectivity index is 2.46. The van der Waals surface area contributed by atoms with E-state index in [0.29, 0.717) is 11.8 Å². The van der Waals surface area contributed by atoms with Crippen molar-refractivity contribution < 1.29 is 9.52 Å². The monoisotopic (exact) mass is 176 g/mol. The smallest absolute Gasteiger partial charge is 0.247 e. The van der Waals surface area contributed by atoms with Crippen LogP contribution in [0.25, 0.3) is 11.5 Å². The molecule has 1 N–H and O–H groups in total. The Kier molecular flexibility index (Phi) is 1.73. The molecule has 0 aliphatic heterocycles. The summed E-state index contributed by atoms with van der Waals surface area (Å²) in [4.78, 5) is 0. The van der Waals surface area contributed by atoms with Crippen molar-refractivity contribution in [2.24, 2.45) is 0 Å². The largest absolute Gasteiger partial charge is 0.508 e. The fourth-order valence-electron chi connectivity index (χ4n) is 1.05. The van der Waals surface area contributed by atoms with Gasteiger partial charge in [-0.3, -0.25) is 0 Å². The van der Waals surface area contributed by atoms with Gasteiger partial charge in [-0.25, -0.2) is 0 Å². The van der Waals surface area contributed by atoms with Crippen LogP contribution in [-0.2, 0) is 0 Å². The second kappa shape index (κ2) is 2.90. The zero-order valence-corrected chi connectivity index (χ0v) is 7.06. The van der Waals surface area contributed by atoms with Crippen molar-refractivity contribution in [3.8, 4) is 17.2 Å². The van der Waals surface area contributed by atoms with Gasteiger partial charge in [-0.1, -0.05) is 6.07 Å². The van der Waals surface area contributed by atoms with Gasteiger partial charge in [0.1, 0.15) is 5.75 Å². The molecule has 1 aromatic carbocycles. The summed E-state index contributed by atoms with van der Waals surface area (Å²) in [5.41, 5.74) is 0.723. The summed E-state index contributed by atoms with van der Waals surface area (Å²) in [7, 11) is 0. The summed E-state index contributed by atoms with van der Waals surface area (Å²) in [5, 5.41) is 16.7. The van der Waals surface area contributed by atoms with Gasteiger partial charge >= 0.3 is 0 Å². The van der Waals surface area contributed by atoms with Gasteiger partial charge in [-0.15, -0.1) is 10.2 Å². The number of rotatable bonds is 1. The minimum absolute atomic E-state index is 0.188. The number of phenols is 1. The molecule has 4 heteroatoms. The maximum absolute atomic E-state index is 9.19. The fourth-order valence-corrected chi connectivity index (χ4v) is 1.05. The molecule has 0 spiro atoms. The zero-order valence-electron chi connectivity index (χ0n) is 7.06. The lowest BCUT2D eigenvalue weighted by atomic mass is 10.2. The predicted molar refractivity (Wildman–Crippen MR) is 46.1 cm³/mol. The maximum atomic E-state index is 9.19. The number of aromatic hydroxyl groups is 1. The molecule has 0 saturated heterocycles. The van der Waals surface area contributed by atoms with E-state index in [-0.39, 0.29) is 5.75 Å². The number of nitrogens with zero attached hydrogens (tertiary/aromatic N) is 2. The van der Waals surface area contributed by atoms with Gasteiger partial charge < -0.3 is 9.52 Å². The van der Waals surface area contributed by atoms with Crippen LogP contribution in [0, 0.1) is 6.92 Å². The molecule has 0 saturated carbocycles. The van der Waals surface area contributed by atoms with Crippen molar-refractivity contribution in [1.82, 2.24) is 10.2 Å². The van der Waals surface area contributed by atoms with Gasteiger partial charge in [-0.2, -0.15) is 0 Å². The summed E-state index contributed by atoms with van der Waals surface area (Å²) < 4.78 is 5.19. The second-order valence-corrected chi connectivity index (χ2v) is 2.68. The average Bonchev–Trinajstić information content (AvgIpc) is 2.52. The molecule has 1 aromatic heterocycles. The van der Waals surface area contributed by atoms with Gasteiger partial charge in [0, 0.05) is 12.5 Å². The number of aryl methyl sites for hydroxylation is 1. The van der Waals surface area contributed by atoms with Gasteiger partial charge in [0.25, 0.3) is 0 Å². The van der Waals surface area contributed by atoms with Gasteiger partial charge in [0.15, 0.2) is 0 Å². The number of hydrogen-bond donors (Lipinski definition) is 1. The van der Waals surface area contributed by atoms with E-state index in [4.69, 9.17) is 4.42 Å². The lowest BCUT2D eigenvalue weighted by Crippen LogP contribution is -1.76. The Morgan fingerprint density at radius 3 is 2.77 bits per heavy atom. The molecule has 0 radical (unpaired) electrons. The lowest BCUT2D eigenvalue weighted by Gasteiger charge is -1.94. The SMILES string of the molecule is Cc1nnc(-c2cccc(O)c2)o1. The first kappa shape index (κ1) is 7.79. The molecule has 4 nitrogen and oxygen atoms in total. The standard InChI is InChI=1S/C9H8N2O2/c1-6-10-11-9(13-6)7-3-2-4-8(12)5-7/h2-5,12H,1H3. The van der Waals surface area contributed by atoms with Crippen LogP contribution in [0.5, 0.6) is 5.75 Å². The molecule has 13 heavy (non-hydrogen) atoms. The van der Waals surface area contributed by atoms with E-state index in [0.717, 1.165) is 5.56 Å². The Labute approximate surface area is 74.8 Å². The third-order valence-corrected chi connectivity index (χ3v) is 1.62. The first-order valence-corrected chi connectivity index (χ1v) is 3.85. The van der Waals surface area contributed by atoms with Gasteiger partial charge in [-0.05, 0) is 18.2 Å². The number of aromatic nitrogens is 2. The molecular formula is C9H8N2O2. The first-order chi connectivity index (χ1) is 6.25. The molecule has 2 aromatic rings. The summed E-state index contributed by atoms with van der Waals surface area (Å²) in [5.74, 6) is 1.13. The Morgan fingerprint density at radius 2 is 2.15 bits per heavy atom. The van der Waals surface area contributed by atoms with Crippen LogP contribution in [0.2, 0.25) is 0 Å². The van der Waals surface area contributed by atoms with E-state index >= 15 is 0 Å². The third kappa shape index (κ3) is 1.51. The van der Waals surface area contributed by atoms with Crippen molar-refractivity contribution in [3.63, 3.8) is 0 Å². The van der Waals surface area contributed by atoms with E-state index in [2.05, 4.69) is 10.2 Å². The molecule has 2 rings (SSSR count). The molecule has 1 heterocycles. The number of benzene rings is 1. The number of phenolic OH excluding ortho intramolecular Hbond substituents is 1. The van der Waals surface area contributed by atoms with Crippen LogP contribution in [0.4, 0.5) is 0 Å². The van der Waals surface area contributed by atoms with Crippen LogP contribution in [0.15, 0.2) is 28.7 Å². The third-order valence-electron chi connectivity index (χ3n) is 1.62. The van der Waals surface area contributed by atoms with Gasteiger partial charge in [0.05, 0.1) is 0 Å². The minimum atomic E-state index is 0.188. The Bertz CT molecular complexity index is 423. The molecule has 0 aliphatic carbocycles. The highest BCUT2D eigenvalue weighted by Gasteiger charge is 2.05. The maximum Gasteiger partial charge on any atom is 0.247 e. The van der Waals surface area contributed by atoms with E-state index in [9.17, 15) is 5.11 Å². The van der Waals surface area contributed by atoms with E-state index in [1.165, 1.54) is 0 Å².